The van der Waals surface area contributed by atoms with E-state index in [1.54, 1.807) is 12.1 Å². The maximum Gasteiger partial charge on any atom is 0.166 e. The van der Waals surface area contributed by atoms with Gasteiger partial charge in [-0.05, 0) is 70.6 Å². The Bertz CT molecular complexity index is 1620. The molecule has 0 saturated heterocycles. The highest BCUT2D eigenvalue weighted by atomic mass is 32.2. The Balaban J connectivity index is 0.000000197. The second-order valence-corrected chi connectivity index (χ2v) is 15.1. The summed E-state index contributed by atoms with van der Waals surface area (Å²) in [5.74, 6) is 0. The summed E-state index contributed by atoms with van der Waals surface area (Å²) in [6.45, 7) is 10.9. The van der Waals surface area contributed by atoms with Crippen LogP contribution in [0.1, 0.15) is 51.3 Å². The highest BCUT2D eigenvalue weighted by molar-refractivity contribution is 7.97. The van der Waals surface area contributed by atoms with Gasteiger partial charge in [-0.15, -0.1) is 0 Å². The summed E-state index contributed by atoms with van der Waals surface area (Å²) in [6, 6.07) is 46.8. The molecular formula is C37H38O3S2. The van der Waals surface area contributed by atoms with E-state index in [1.807, 2.05) is 30.3 Å². The highest BCUT2D eigenvalue weighted by Gasteiger charge is 2.28. The van der Waals surface area contributed by atoms with Crippen LogP contribution in [0, 0.1) is 0 Å². The van der Waals surface area contributed by atoms with Gasteiger partial charge < -0.3 is 4.55 Å². The van der Waals surface area contributed by atoms with E-state index in [2.05, 4.69) is 120 Å². The first-order valence-corrected chi connectivity index (χ1v) is 16.6. The normalized spacial score (nSPS) is 12.0. The number of hydrogen-bond donors (Lipinski definition) is 0. The summed E-state index contributed by atoms with van der Waals surface area (Å²) in [5.41, 5.74) is 3.42. The lowest BCUT2D eigenvalue weighted by atomic mass is 9.78. The Kier molecular flexibility index (Phi) is 9.78. The van der Waals surface area contributed by atoms with Crippen molar-refractivity contribution in [3.05, 3.63) is 156 Å². The van der Waals surface area contributed by atoms with E-state index in [9.17, 15) is 13.0 Å². The molecule has 0 radical (unpaired) electrons. The molecule has 0 aromatic heterocycles. The zero-order valence-electron chi connectivity index (χ0n) is 24.8. The van der Waals surface area contributed by atoms with Gasteiger partial charge in [-0.2, -0.15) is 0 Å². The Hall–Kier alpha value is -3.64. The quantitative estimate of drug-likeness (QED) is 0.146. The molecule has 0 aliphatic rings. The second kappa shape index (κ2) is 13.1. The third kappa shape index (κ3) is 7.80. The summed E-state index contributed by atoms with van der Waals surface area (Å²) in [7, 11) is -4.43. The van der Waals surface area contributed by atoms with Crippen LogP contribution >= 0.6 is 0 Å². The molecule has 0 fully saturated rings. The molecule has 3 nitrogen and oxygen atoms in total. The van der Waals surface area contributed by atoms with Crippen LogP contribution in [0.4, 0.5) is 0 Å². The van der Waals surface area contributed by atoms with Gasteiger partial charge in [-0.3, -0.25) is 0 Å². The molecule has 5 aromatic rings. The van der Waals surface area contributed by atoms with Gasteiger partial charge >= 0.3 is 0 Å². The summed E-state index contributed by atoms with van der Waals surface area (Å²) >= 11 is 0. The number of rotatable bonds is 6. The molecule has 0 aliphatic heterocycles. The van der Waals surface area contributed by atoms with Gasteiger partial charge in [0.1, 0.15) is 10.1 Å². The zero-order valence-corrected chi connectivity index (χ0v) is 26.5. The maximum atomic E-state index is 10.9. The molecule has 5 heteroatoms. The molecule has 0 saturated carbocycles. The molecule has 0 atom stereocenters. The summed E-state index contributed by atoms with van der Waals surface area (Å²) < 4.78 is 32.7. The summed E-state index contributed by atoms with van der Waals surface area (Å²) in [5, 5.41) is 0. The van der Waals surface area contributed by atoms with Gasteiger partial charge in [0.2, 0.25) is 0 Å². The first kappa shape index (κ1) is 31.3. The molecule has 216 valence electrons. The van der Waals surface area contributed by atoms with Gasteiger partial charge in [0.15, 0.2) is 14.7 Å². The molecule has 0 spiro atoms. The minimum absolute atomic E-state index is 0.0497. The van der Waals surface area contributed by atoms with Crippen LogP contribution in [-0.4, -0.2) is 13.0 Å². The topological polar surface area (TPSA) is 57.2 Å². The minimum Gasteiger partial charge on any atom is -0.744 e. The third-order valence-electron chi connectivity index (χ3n) is 7.27. The molecular weight excluding hydrogens is 557 g/mol. The average Bonchev–Trinajstić information content (AvgIpc) is 2.99. The monoisotopic (exact) mass is 594 g/mol. The Labute approximate surface area is 254 Å². The van der Waals surface area contributed by atoms with Crippen LogP contribution < -0.4 is 0 Å². The van der Waals surface area contributed by atoms with Gasteiger partial charge in [0.05, 0.1) is 15.8 Å². The number of benzene rings is 5. The fourth-order valence-electron chi connectivity index (χ4n) is 4.67. The Morgan fingerprint density at radius 1 is 0.476 bits per heavy atom. The SMILES string of the molecule is CC(C)(C)c1ccc([S+](c2ccccc2)c2ccccc2)cc1.CC(C)(c1ccccc1)c1ccc(S(=O)(=O)[O-])cc1. The van der Waals surface area contributed by atoms with Crippen LogP contribution in [-0.2, 0) is 31.8 Å². The van der Waals surface area contributed by atoms with Crippen LogP contribution in [0.25, 0.3) is 0 Å². The van der Waals surface area contributed by atoms with E-state index in [0.29, 0.717) is 0 Å². The largest absolute Gasteiger partial charge is 0.744 e. The fourth-order valence-corrected chi connectivity index (χ4v) is 7.22. The minimum atomic E-state index is -4.38. The van der Waals surface area contributed by atoms with Gasteiger partial charge in [0, 0.05) is 5.41 Å². The predicted molar refractivity (Wildman–Crippen MR) is 173 cm³/mol. The molecule has 0 unspecified atom stereocenters. The average molecular weight is 595 g/mol. The van der Waals surface area contributed by atoms with Crippen LogP contribution in [0.15, 0.2) is 159 Å². The smallest absolute Gasteiger partial charge is 0.166 e. The predicted octanol–water partition coefficient (Wildman–Crippen LogP) is 9.00. The van der Waals surface area contributed by atoms with Crippen molar-refractivity contribution in [2.24, 2.45) is 0 Å². The van der Waals surface area contributed by atoms with Gasteiger partial charge in [0.25, 0.3) is 0 Å². The lowest BCUT2D eigenvalue weighted by Crippen LogP contribution is -2.18. The molecule has 0 amide bonds. The summed E-state index contributed by atoms with van der Waals surface area (Å²) in [6.07, 6.45) is 0. The highest BCUT2D eigenvalue weighted by Crippen LogP contribution is 2.33. The van der Waals surface area contributed by atoms with E-state index >= 15 is 0 Å². The van der Waals surface area contributed by atoms with Crippen molar-refractivity contribution < 1.29 is 13.0 Å². The van der Waals surface area contributed by atoms with E-state index in [4.69, 9.17) is 0 Å². The first-order chi connectivity index (χ1) is 19.9. The summed E-state index contributed by atoms with van der Waals surface area (Å²) in [4.78, 5) is 3.90. The van der Waals surface area contributed by atoms with Crippen LogP contribution in [0.3, 0.4) is 0 Å². The van der Waals surface area contributed by atoms with Crippen molar-refractivity contribution >= 4 is 21.0 Å². The molecule has 0 N–H and O–H groups in total. The Morgan fingerprint density at radius 3 is 1.24 bits per heavy atom. The molecule has 5 aromatic carbocycles. The Morgan fingerprint density at radius 2 is 0.833 bits per heavy atom. The van der Waals surface area contributed by atoms with Gasteiger partial charge in [-0.1, -0.05) is 126 Å². The first-order valence-electron chi connectivity index (χ1n) is 13.9. The van der Waals surface area contributed by atoms with E-state index in [-0.39, 0.29) is 26.6 Å². The van der Waals surface area contributed by atoms with E-state index in [0.717, 1.165) is 11.1 Å². The van der Waals surface area contributed by atoms with Crippen LogP contribution in [0.5, 0.6) is 0 Å². The molecule has 0 aliphatic carbocycles. The maximum absolute atomic E-state index is 10.9. The lowest BCUT2D eigenvalue weighted by molar-refractivity contribution is 0.463. The molecule has 5 rings (SSSR count). The van der Waals surface area contributed by atoms with Crippen molar-refractivity contribution in [3.63, 3.8) is 0 Å². The molecule has 0 heterocycles. The molecule has 0 bridgehead atoms. The lowest BCUT2D eigenvalue weighted by Gasteiger charge is -2.26. The van der Waals surface area contributed by atoms with E-state index < -0.39 is 10.1 Å². The standard InChI is InChI=1S/C22H23S.C15H16O3S/c1-22(2,3)18-14-16-21(17-15-18)23(19-10-6-4-7-11-19)20-12-8-5-9-13-20;1-15(2,12-6-4-3-5-7-12)13-8-10-14(11-9-13)19(16,17)18/h4-17H,1-3H3;3-11H,1-2H3,(H,16,17,18)/q+1;/p-1. The second-order valence-electron chi connectivity index (χ2n) is 11.7. The van der Waals surface area contributed by atoms with E-state index in [1.165, 1.54) is 32.4 Å². The third-order valence-corrected chi connectivity index (χ3v) is 10.4. The van der Waals surface area contributed by atoms with Crippen molar-refractivity contribution in [3.8, 4) is 0 Å². The van der Waals surface area contributed by atoms with Crippen molar-refractivity contribution in [2.75, 3.05) is 0 Å². The molecule has 42 heavy (non-hydrogen) atoms. The van der Waals surface area contributed by atoms with Crippen LogP contribution in [0.2, 0.25) is 0 Å². The fraction of sp³-hybridized carbons (Fsp3) is 0.189. The number of hydrogen-bond acceptors (Lipinski definition) is 3. The van der Waals surface area contributed by atoms with Gasteiger partial charge in [-0.25, -0.2) is 8.42 Å². The van der Waals surface area contributed by atoms with Crippen molar-refractivity contribution in [1.82, 2.24) is 0 Å². The van der Waals surface area contributed by atoms with Crippen molar-refractivity contribution in [1.29, 1.82) is 0 Å². The zero-order chi connectivity index (χ0) is 30.4. The van der Waals surface area contributed by atoms with Crippen molar-refractivity contribution in [2.45, 2.75) is 65.0 Å².